The summed E-state index contributed by atoms with van der Waals surface area (Å²) in [7, 11) is -0.893. The molecule has 0 saturated heterocycles. The van der Waals surface area contributed by atoms with Crippen LogP contribution in [-0.2, 0) is 20.0 Å². The van der Waals surface area contributed by atoms with Crippen LogP contribution in [-0.4, -0.2) is 37.7 Å². The summed E-state index contributed by atoms with van der Waals surface area (Å²) in [5.41, 5.74) is 3.14. The molecule has 0 aliphatic rings. The predicted octanol–water partition coefficient (Wildman–Crippen LogP) is 1.36. The second-order valence-corrected chi connectivity index (χ2v) is 6.15. The first kappa shape index (κ1) is 17.3. The topological polar surface area (TPSA) is 113 Å². The molecule has 1 aromatic carbocycles. The molecule has 0 heterocycles. The molecule has 0 bridgehead atoms. The average Bonchev–Trinajstić information content (AvgIpc) is 2.54. The third kappa shape index (κ3) is 5.28. The van der Waals surface area contributed by atoms with Crippen LogP contribution in [0.5, 0.6) is 0 Å². The van der Waals surface area contributed by atoms with Gasteiger partial charge in [0, 0.05) is 20.8 Å². The smallest absolute Gasteiger partial charge is 0.296 e. The van der Waals surface area contributed by atoms with Crippen molar-refractivity contribution in [1.29, 1.82) is 5.41 Å². The van der Waals surface area contributed by atoms with Crippen LogP contribution in [0, 0.1) is 5.41 Å². The van der Waals surface area contributed by atoms with Crippen molar-refractivity contribution in [3.63, 3.8) is 0 Å². The molecule has 4 N–H and O–H groups in total. The van der Waals surface area contributed by atoms with E-state index >= 15 is 0 Å². The molecule has 8 nitrogen and oxygen atoms in total. The zero-order chi connectivity index (χ0) is 15.7. The summed E-state index contributed by atoms with van der Waals surface area (Å²) in [5, 5.41) is 7.31. The van der Waals surface area contributed by atoms with E-state index in [1.807, 2.05) is 30.3 Å². The zero-order valence-corrected chi connectivity index (χ0v) is 12.9. The van der Waals surface area contributed by atoms with E-state index in [1.54, 1.807) is 0 Å². The lowest BCUT2D eigenvalue weighted by atomic mass is 10.1. The van der Waals surface area contributed by atoms with Gasteiger partial charge in [-0.1, -0.05) is 30.3 Å². The minimum Gasteiger partial charge on any atom is -0.296 e. The fraction of sp³-hybridized carbons (Fsp3) is 0.333. The van der Waals surface area contributed by atoms with Gasteiger partial charge in [0.15, 0.2) is 0 Å². The SMILES string of the molecule is COP(=O)(OC)N(C=NC(=N)NN)CCc1ccccc1. The van der Waals surface area contributed by atoms with Crippen LogP contribution in [0.3, 0.4) is 0 Å². The summed E-state index contributed by atoms with van der Waals surface area (Å²) in [6.07, 6.45) is 1.84. The minimum absolute atomic E-state index is 0.265. The minimum atomic E-state index is -3.48. The van der Waals surface area contributed by atoms with Gasteiger partial charge in [-0.15, -0.1) is 0 Å². The van der Waals surface area contributed by atoms with E-state index in [0.717, 1.165) is 5.56 Å². The highest BCUT2D eigenvalue weighted by molar-refractivity contribution is 7.51. The summed E-state index contributed by atoms with van der Waals surface area (Å²) in [4.78, 5) is 3.73. The van der Waals surface area contributed by atoms with Gasteiger partial charge in [-0.3, -0.25) is 24.6 Å². The van der Waals surface area contributed by atoms with Gasteiger partial charge in [-0.2, -0.15) is 0 Å². The second-order valence-electron chi connectivity index (χ2n) is 3.97. The first-order chi connectivity index (χ1) is 10.1. The van der Waals surface area contributed by atoms with E-state index in [4.69, 9.17) is 20.3 Å². The van der Waals surface area contributed by atoms with Crippen LogP contribution in [0.1, 0.15) is 5.56 Å². The number of guanidine groups is 1. The van der Waals surface area contributed by atoms with Crippen LogP contribution in [0.2, 0.25) is 0 Å². The molecular formula is C12H20N5O3P. The van der Waals surface area contributed by atoms with Crippen molar-refractivity contribution in [2.45, 2.75) is 6.42 Å². The van der Waals surface area contributed by atoms with E-state index in [0.29, 0.717) is 13.0 Å². The third-order valence-electron chi connectivity index (χ3n) is 2.71. The molecule has 0 amide bonds. The molecule has 0 aliphatic carbocycles. The molecule has 0 saturated carbocycles. The fourth-order valence-electron chi connectivity index (χ4n) is 1.58. The maximum absolute atomic E-state index is 12.4. The van der Waals surface area contributed by atoms with Gasteiger partial charge >= 0.3 is 7.75 Å². The highest BCUT2D eigenvalue weighted by Crippen LogP contribution is 2.49. The van der Waals surface area contributed by atoms with Crippen LogP contribution in [0.25, 0.3) is 0 Å². The number of rotatable bonds is 7. The third-order valence-corrected chi connectivity index (χ3v) is 4.56. The molecule has 1 rings (SSSR count). The van der Waals surface area contributed by atoms with Gasteiger partial charge < -0.3 is 0 Å². The van der Waals surface area contributed by atoms with Crippen LogP contribution >= 0.6 is 7.75 Å². The maximum atomic E-state index is 12.4. The van der Waals surface area contributed by atoms with Gasteiger partial charge in [0.25, 0.3) is 0 Å². The lowest BCUT2D eigenvalue weighted by molar-refractivity contribution is 0.238. The average molecular weight is 313 g/mol. The van der Waals surface area contributed by atoms with E-state index in [-0.39, 0.29) is 5.96 Å². The number of hydrogen-bond donors (Lipinski definition) is 3. The van der Waals surface area contributed by atoms with E-state index in [1.165, 1.54) is 25.2 Å². The van der Waals surface area contributed by atoms with E-state index in [9.17, 15) is 4.57 Å². The predicted molar refractivity (Wildman–Crippen MR) is 82.0 cm³/mol. The summed E-state index contributed by atoms with van der Waals surface area (Å²) in [5.74, 6) is 4.79. The van der Waals surface area contributed by atoms with E-state index in [2.05, 4.69) is 10.4 Å². The van der Waals surface area contributed by atoms with Crippen molar-refractivity contribution in [3.05, 3.63) is 35.9 Å². The van der Waals surface area contributed by atoms with Crippen LogP contribution in [0.15, 0.2) is 35.3 Å². The van der Waals surface area contributed by atoms with Crippen LogP contribution < -0.4 is 11.3 Å². The fourth-order valence-corrected chi connectivity index (χ4v) is 2.67. The van der Waals surface area contributed by atoms with Gasteiger partial charge in [0.05, 0.1) is 0 Å². The normalized spacial score (nSPS) is 11.6. The molecule has 0 aliphatic heterocycles. The maximum Gasteiger partial charge on any atom is 0.435 e. The Balaban J connectivity index is 2.84. The number of nitrogens with zero attached hydrogens (tertiary/aromatic N) is 2. The van der Waals surface area contributed by atoms with Gasteiger partial charge in [0.1, 0.15) is 6.34 Å². The Hall–Kier alpha value is -1.73. The largest absolute Gasteiger partial charge is 0.435 e. The molecule has 0 atom stereocenters. The monoisotopic (exact) mass is 313 g/mol. The highest BCUT2D eigenvalue weighted by Gasteiger charge is 2.29. The van der Waals surface area contributed by atoms with Gasteiger partial charge in [-0.25, -0.2) is 15.4 Å². The molecule has 9 heteroatoms. The Morgan fingerprint density at radius 2 is 2.05 bits per heavy atom. The Labute approximate surface area is 124 Å². The highest BCUT2D eigenvalue weighted by atomic mass is 31.2. The Bertz CT molecular complexity index is 515. The van der Waals surface area contributed by atoms with Crippen molar-refractivity contribution in [1.82, 2.24) is 10.1 Å². The summed E-state index contributed by atoms with van der Waals surface area (Å²) in [6.45, 7) is 0.352. The Morgan fingerprint density at radius 1 is 1.43 bits per heavy atom. The van der Waals surface area contributed by atoms with Crippen molar-refractivity contribution < 1.29 is 13.6 Å². The molecular weight excluding hydrogens is 293 g/mol. The van der Waals surface area contributed by atoms with Crippen LogP contribution in [0.4, 0.5) is 0 Å². The molecule has 0 unspecified atom stereocenters. The number of benzene rings is 1. The Kier molecular flexibility index (Phi) is 7.04. The van der Waals surface area contributed by atoms with Crippen molar-refractivity contribution >= 4 is 20.0 Å². The number of nitrogens with one attached hydrogen (secondary N) is 2. The quantitative estimate of drug-likeness (QED) is 0.230. The lowest BCUT2D eigenvalue weighted by Gasteiger charge is -2.25. The zero-order valence-electron chi connectivity index (χ0n) is 12.0. The standard InChI is InChI=1S/C12H20N5O3P/c1-19-21(18,20-2)17(10-15-12(13)16-14)9-8-11-6-4-3-5-7-11/h3-7,10H,8-9,14H2,1-2H3,(H2,13,16). The Morgan fingerprint density at radius 3 is 2.57 bits per heavy atom. The molecule has 116 valence electrons. The number of nitrogens with two attached hydrogens (primary N) is 1. The first-order valence-electron chi connectivity index (χ1n) is 6.17. The molecule has 0 radical (unpaired) electrons. The molecule has 0 fully saturated rings. The van der Waals surface area contributed by atoms with Gasteiger partial charge in [0.2, 0.25) is 5.96 Å². The second kappa shape index (κ2) is 8.53. The summed E-state index contributed by atoms with van der Waals surface area (Å²) < 4.78 is 23.7. The summed E-state index contributed by atoms with van der Waals surface area (Å²) >= 11 is 0. The molecule has 0 aromatic heterocycles. The van der Waals surface area contributed by atoms with Crippen molar-refractivity contribution in [3.8, 4) is 0 Å². The molecule has 21 heavy (non-hydrogen) atoms. The number of aliphatic imine (C=N–C) groups is 1. The molecule has 1 aromatic rings. The molecule has 0 spiro atoms. The number of hydrazine groups is 1. The lowest BCUT2D eigenvalue weighted by Crippen LogP contribution is -2.30. The first-order valence-corrected chi connectivity index (χ1v) is 7.67. The number of hydrogen-bond acceptors (Lipinski definition) is 5. The summed E-state index contributed by atoms with van der Waals surface area (Å²) in [6, 6.07) is 9.70. The van der Waals surface area contributed by atoms with E-state index < -0.39 is 7.75 Å². The van der Waals surface area contributed by atoms with Crippen molar-refractivity contribution in [2.75, 3.05) is 20.8 Å². The van der Waals surface area contributed by atoms with Crippen molar-refractivity contribution in [2.24, 2.45) is 10.8 Å². The van der Waals surface area contributed by atoms with Gasteiger partial charge in [-0.05, 0) is 12.0 Å².